The summed E-state index contributed by atoms with van der Waals surface area (Å²) in [5, 5.41) is 21.8. The maximum absolute atomic E-state index is 12.3. The van der Waals surface area contributed by atoms with Gasteiger partial charge in [0, 0.05) is 18.3 Å². The van der Waals surface area contributed by atoms with Gasteiger partial charge in [-0.05, 0) is 85.0 Å². The molecule has 0 aromatic heterocycles. The monoisotopic (exact) mass is 382 g/mol. The van der Waals surface area contributed by atoms with E-state index >= 15 is 0 Å². The van der Waals surface area contributed by atoms with E-state index in [1.165, 1.54) is 24.0 Å². The molecule has 4 unspecified atom stereocenters. The molecule has 3 fully saturated rings. The summed E-state index contributed by atoms with van der Waals surface area (Å²) in [6.07, 6.45) is 8.55. The van der Waals surface area contributed by atoms with Crippen molar-refractivity contribution in [1.82, 2.24) is 0 Å². The smallest absolute Gasteiger partial charge is 0.135 e. The second kappa shape index (κ2) is 6.32. The van der Waals surface area contributed by atoms with E-state index in [2.05, 4.69) is 19.9 Å². The van der Waals surface area contributed by atoms with Gasteiger partial charge in [0.25, 0.3) is 0 Å². The van der Waals surface area contributed by atoms with Gasteiger partial charge in [0.2, 0.25) is 0 Å². The fourth-order valence-electron chi connectivity index (χ4n) is 8.12. The van der Waals surface area contributed by atoms with Gasteiger partial charge >= 0.3 is 0 Å². The highest BCUT2D eigenvalue weighted by Crippen LogP contribution is 2.69. The van der Waals surface area contributed by atoms with Gasteiger partial charge in [0.1, 0.15) is 11.5 Å². The van der Waals surface area contributed by atoms with Gasteiger partial charge in [0.05, 0.1) is 5.60 Å². The van der Waals surface area contributed by atoms with Crippen molar-refractivity contribution < 1.29 is 15.0 Å². The Labute approximate surface area is 168 Å². The molecule has 0 spiro atoms. The Morgan fingerprint density at radius 2 is 2.07 bits per heavy atom. The van der Waals surface area contributed by atoms with Crippen molar-refractivity contribution in [1.29, 1.82) is 0 Å². The fourth-order valence-corrected chi connectivity index (χ4v) is 8.12. The number of aromatic hydroxyl groups is 1. The quantitative estimate of drug-likeness (QED) is 0.758. The lowest BCUT2D eigenvalue weighted by molar-refractivity contribution is -0.156. The number of ketones is 1. The predicted molar refractivity (Wildman–Crippen MR) is 109 cm³/mol. The summed E-state index contributed by atoms with van der Waals surface area (Å²) in [6, 6.07) is 6.00. The number of fused-ring (bicyclic) bond motifs is 7. The molecule has 28 heavy (non-hydrogen) atoms. The average molecular weight is 383 g/mol. The molecule has 0 bridgehead atoms. The maximum Gasteiger partial charge on any atom is 0.135 e. The first-order chi connectivity index (χ1) is 13.4. The maximum atomic E-state index is 12.3. The van der Waals surface area contributed by atoms with Crippen LogP contribution in [0.25, 0.3) is 0 Å². The molecule has 0 saturated heterocycles. The number of aliphatic hydroxyl groups is 1. The van der Waals surface area contributed by atoms with Gasteiger partial charge in [-0.15, -0.1) is 0 Å². The van der Waals surface area contributed by atoms with E-state index < -0.39 is 5.60 Å². The molecule has 1 aromatic carbocycles. The summed E-state index contributed by atoms with van der Waals surface area (Å²) >= 11 is 0. The van der Waals surface area contributed by atoms with Crippen molar-refractivity contribution in [3.8, 4) is 5.75 Å². The normalized spacial score (nSPS) is 44.4. The number of rotatable bonds is 2. The van der Waals surface area contributed by atoms with Gasteiger partial charge in [-0.3, -0.25) is 4.79 Å². The minimum absolute atomic E-state index is 0.130. The van der Waals surface area contributed by atoms with Crippen molar-refractivity contribution in [3.63, 3.8) is 0 Å². The Bertz CT molecular complexity index is 801. The van der Waals surface area contributed by atoms with Crippen LogP contribution < -0.4 is 0 Å². The van der Waals surface area contributed by atoms with Gasteiger partial charge in [-0.1, -0.05) is 32.8 Å². The third kappa shape index (κ3) is 2.41. The van der Waals surface area contributed by atoms with Crippen molar-refractivity contribution in [2.24, 2.45) is 29.1 Å². The molecule has 5 rings (SSSR count). The molecule has 0 amide bonds. The molecule has 152 valence electrons. The molecule has 0 heterocycles. The highest BCUT2D eigenvalue weighted by atomic mass is 16.3. The fraction of sp³-hybridized carbons (Fsp3) is 0.720. The molecule has 3 heteroatoms. The summed E-state index contributed by atoms with van der Waals surface area (Å²) in [5.74, 6) is 3.20. The highest BCUT2D eigenvalue weighted by Gasteiger charge is 2.67. The number of hydrogen-bond donors (Lipinski definition) is 2. The van der Waals surface area contributed by atoms with Gasteiger partial charge in [-0.25, -0.2) is 0 Å². The largest absolute Gasteiger partial charge is 0.508 e. The van der Waals surface area contributed by atoms with Crippen LogP contribution in [0.15, 0.2) is 18.2 Å². The molecule has 3 saturated carbocycles. The number of carbonyl (C=O) groups excluding carboxylic acids is 1. The molecular weight excluding hydrogens is 348 g/mol. The lowest BCUT2D eigenvalue weighted by Crippen LogP contribution is -2.56. The lowest BCUT2D eigenvalue weighted by atomic mass is 9.49. The zero-order chi connectivity index (χ0) is 19.7. The second-order valence-corrected chi connectivity index (χ2v) is 10.5. The summed E-state index contributed by atoms with van der Waals surface area (Å²) in [4.78, 5) is 12.3. The van der Waals surface area contributed by atoms with E-state index in [0.29, 0.717) is 48.2 Å². The number of phenolic OH excluding ortho intramolecular Hbond substituents is 1. The van der Waals surface area contributed by atoms with Crippen molar-refractivity contribution >= 4 is 5.78 Å². The minimum Gasteiger partial charge on any atom is -0.508 e. The van der Waals surface area contributed by atoms with Crippen LogP contribution in [0.2, 0.25) is 0 Å². The lowest BCUT2D eigenvalue weighted by Gasteiger charge is -2.56. The molecule has 0 aliphatic heterocycles. The zero-order valence-corrected chi connectivity index (χ0v) is 17.3. The van der Waals surface area contributed by atoms with Gasteiger partial charge < -0.3 is 10.2 Å². The summed E-state index contributed by atoms with van der Waals surface area (Å²) in [6.45, 7) is 4.58. The van der Waals surface area contributed by atoms with Crippen LogP contribution in [0.5, 0.6) is 5.75 Å². The van der Waals surface area contributed by atoms with Gasteiger partial charge in [-0.2, -0.15) is 0 Å². The van der Waals surface area contributed by atoms with Crippen molar-refractivity contribution in [2.45, 2.75) is 83.2 Å². The first-order valence-electron chi connectivity index (χ1n) is 11.4. The number of Topliss-reactive ketones (excluding diaryl/α,β-unsaturated/α-hetero) is 1. The standard InChI is InChI=1S/C25H34O3/c1-3-4-15-11-16-12-18(26)7-8-20(16)21-9-10-24(2)22(23(15)21)13-17-5-6-19(27)14-25(17,24)28/h7-8,12,15,17,21-23,26,28H,3-6,9-11,13-14H2,1-2H3/t15?,17-,21?,22?,23?,24+,25+/m1/s1. The molecule has 0 radical (unpaired) electrons. The topological polar surface area (TPSA) is 57.5 Å². The van der Waals surface area contributed by atoms with E-state index in [0.717, 1.165) is 32.1 Å². The first kappa shape index (κ1) is 18.7. The molecule has 1 aromatic rings. The van der Waals surface area contributed by atoms with Crippen LogP contribution in [0, 0.1) is 29.1 Å². The Morgan fingerprint density at radius 3 is 2.86 bits per heavy atom. The zero-order valence-electron chi connectivity index (χ0n) is 17.3. The second-order valence-electron chi connectivity index (χ2n) is 10.5. The number of benzene rings is 1. The molecule has 7 atom stereocenters. The molecule has 4 aliphatic carbocycles. The third-order valence-electron chi connectivity index (χ3n) is 9.38. The Morgan fingerprint density at radius 1 is 1.25 bits per heavy atom. The SMILES string of the molecule is CCCC1Cc2cc(O)ccc2C2CC[C@@]3(C)C(C[C@H]4CCC(=O)C[C@]43O)C12. The summed E-state index contributed by atoms with van der Waals surface area (Å²) in [5.41, 5.74) is 1.86. The molecule has 3 nitrogen and oxygen atoms in total. The van der Waals surface area contributed by atoms with E-state index in [9.17, 15) is 15.0 Å². The van der Waals surface area contributed by atoms with E-state index in [4.69, 9.17) is 0 Å². The van der Waals surface area contributed by atoms with Crippen LogP contribution in [0.1, 0.15) is 82.3 Å². The Kier molecular flexibility index (Phi) is 4.21. The Hall–Kier alpha value is -1.35. The number of hydrogen-bond acceptors (Lipinski definition) is 3. The summed E-state index contributed by atoms with van der Waals surface area (Å²) in [7, 11) is 0. The van der Waals surface area contributed by atoms with Crippen LogP contribution in [0.3, 0.4) is 0 Å². The number of carbonyl (C=O) groups is 1. The highest BCUT2D eigenvalue weighted by molar-refractivity contribution is 5.80. The van der Waals surface area contributed by atoms with E-state index in [1.54, 1.807) is 0 Å². The minimum atomic E-state index is -0.788. The van der Waals surface area contributed by atoms with E-state index in [1.807, 2.05) is 12.1 Å². The van der Waals surface area contributed by atoms with E-state index in [-0.39, 0.29) is 11.2 Å². The number of phenols is 1. The molecule has 2 N–H and O–H groups in total. The van der Waals surface area contributed by atoms with Gasteiger partial charge in [0.15, 0.2) is 0 Å². The van der Waals surface area contributed by atoms with Crippen molar-refractivity contribution in [3.05, 3.63) is 29.3 Å². The Balaban J connectivity index is 1.57. The van der Waals surface area contributed by atoms with Crippen molar-refractivity contribution in [2.75, 3.05) is 0 Å². The van der Waals surface area contributed by atoms with Crippen LogP contribution in [0.4, 0.5) is 0 Å². The predicted octanol–water partition coefficient (Wildman–Crippen LogP) is 4.98. The third-order valence-corrected chi connectivity index (χ3v) is 9.38. The van der Waals surface area contributed by atoms with Crippen LogP contribution in [-0.4, -0.2) is 21.6 Å². The summed E-state index contributed by atoms with van der Waals surface area (Å²) < 4.78 is 0. The average Bonchev–Trinajstić information content (AvgIpc) is 2.88. The molecule has 4 aliphatic rings. The first-order valence-corrected chi connectivity index (χ1v) is 11.4. The van der Waals surface area contributed by atoms with Crippen LogP contribution >= 0.6 is 0 Å². The van der Waals surface area contributed by atoms with Crippen LogP contribution in [-0.2, 0) is 11.2 Å². The molecular formula is C25H34O3.